The lowest BCUT2D eigenvalue weighted by Gasteiger charge is -2.55. The number of rotatable bonds is 7. The lowest BCUT2D eigenvalue weighted by Crippen LogP contribution is -2.54. The van der Waals surface area contributed by atoms with E-state index >= 15 is 0 Å². The second-order valence-electron chi connectivity index (χ2n) is 8.96. The number of halogens is 1. The van der Waals surface area contributed by atoms with Gasteiger partial charge >= 0.3 is 0 Å². The van der Waals surface area contributed by atoms with Crippen molar-refractivity contribution in [1.29, 1.82) is 0 Å². The molecule has 4 aliphatic carbocycles. The summed E-state index contributed by atoms with van der Waals surface area (Å²) in [4.78, 5) is 25.1. The molecule has 4 saturated carbocycles. The average Bonchev–Trinajstić information content (AvgIpc) is 2.65. The third kappa shape index (κ3) is 4.14. The SMILES string of the molecule is CC(Oc1ccc(Cl)cc1)C(=O)NCCNC(=O)C12CC3CC(CC(C3)C1)C2. The van der Waals surface area contributed by atoms with Crippen molar-refractivity contribution >= 4 is 23.4 Å². The zero-order valence-electron chi connectivity index (χ0n) is 16.4. The van der Waals surface area contributed by atoms with Gasteiger partial charge in [0, 0.05) is 23.5 Å². The second kappa shape index (κ2) is 7.94. The summed E-state index contributed by atoms with van der Waals surface area (Å²) >= 11 is 5.85. The Morgan fingerprint density at radius 2 is 1.57 bits per heavy atom. The minimum Gasteiger partial charge on any atom is -0.481 e. The molecule has 0 aliphatic heterocycles. The highest BCUT2D eigenvalue weighted by Crippen LogP contribution is 2.60. The molecule has 152 valence electrons. The van der Waals surface area contributed by atoms with Gasteiger partial charge in [-0.15, -0.1) is 0 Å². The van der Waals surface area contributed by atoms with Gasteiger partial charge in [-0.05, 0) is 87.5 Å². The maximum Gasteiger partial charge on any atom is 0.260 e. The lowest BCUT2D eigenvalue weighted by atomic mass is 9.49. The quantitative estimate of drug-likeness (QED) is 0.683. The standard InChI is InChI=1S/C22H29ClN2O3/c1-14(28-19-4-2-18(23)3-5-19)20(26)24-6-7-25-21(27)22-11-15-8-16(12-22)10-17(9-15)13-22/h2-5,14-17H,6-13H2,1H3,(H,24,26)(H,25,27). The summed E-state index contributed by atoms with van der Waals surface area (Å²) in [6, 6.07) is 6.92. The van der Waals surface area contributed by atoms with Crippen LogP contribution in [-0.2, 0) is 9.59 Å². The smallest absolute Gasteiger partial charge is 0.260 e. The Bertz CT molecular complexity index is 699. The molecule has 0 spiro atoms. The molecule has 5 nitrogen and oxygen atoms in total. The molecule has 6 heteroatoms. The maximum atomic E-state index is 12.9. The summed E-state index contributed by atoms with van der Waals surface area (Å²) in [6.07, 6.45) is 6.55. The number of carbonyl (C=O) groups is 2. The second-order valence-corrected chi connectivity index (χ2v) is 9.40. The van der Waals surface area contributed by atoms with Crippen LogP contribution >= 0.6 is 11.6 Å². The van der Waals surface area contributed by atoms with Crippen LogP contribution in [0.25, 0.3) is 0 Å². The van der Waals surface area contributed by atoms with Crippen LogP contribution < -0.4 is 15.4 Å². The van der Waals surface area contributed by atoms with Gasteiger partial charge in [0.25, 0.3) is 5.91 Å². The van der Waals surface area contributed by atoms with E-state index in [2.05, 4.69) is 10.6 Å². The van der Waals surface area contributed by atoms with Crippen LogP contribution in [0.2, 0.25) is 5.02 Å². The molecule has 0 heterocycles. The van der Waals surface area contributed by atoms with Gasteiger partial charge < -0.3 is 15.4 Å². The van der Waals surface area contributed by atoms with Crippen LogP contribution in [-0.4, -0.2) is 31.0 Å². The van der Waals surface area contributed by atoms with E-state index in [0.29, 0.717) is 23.9 Å². The molecule has 1 atom stereocenters. The van der Waals surface area contributed by atoms with Crippen molar-refractivity contribution in [3.05, 3.63) is 29.3 Å². The monoisotopic (exact) mass is 404 g/mol. The molecule has 4 fully saturated rings. The largest absolute Gasteiger partial charge is 0.481 e. The van der Waals surface area contributed by atoms with E-state index in [1.165, 1.54) is 19.3 Å². The number of hydrogen-bond donors (Lipinski definition) is 2. The fourth-order valence-corrected chi connectivity index (χ4v) is 5.98. The van der Waals surface area contributed by atoms with Crippen LogP contribution in [0.4, 0.5) is 0 Å². The third-order valence-electron chi connectivity index (χ3n) is 6.73. The zero-order valence-corrected chi connectivity index (χ0v) is 17.1. The van der Waals surface area contributed by atoms with Gasteiger partial charge in [-0.2, -0.15) is 0 Å². The summed E-state index contributed by atoms with van der Waals surface area (Å²) < 4.78 is 5.62. The van der Waals surface area contributed by atoms with E-state index in [4.69, 9.17) is 16.3 Å². The minimum absolute atomic E-state index is 0.135. The van der Waals surface area contributed by atoms with E-state index in [0.717, 1.165) is 37.0 Å². The summed E-state index contributed by atoms with van der Waals surface area (Å²) in [6.45, 7) is 2.57. The Morgan fingerprint density at radius 1 is 1.04 bits per heavy atom. The molecular weight excluding hydrogens is 376 g/mol. The van der Waals surface area contributed by atoms with Gasteiger partial charge in [-0.1, -0.05) is 11.6 Å². The number of hydrogen-bond acceptors (Lipinski definition) is 3. The number of ether oxygens (including phenoxy) is 1. The Balaban J connectivity index is 1.19. The Hall–Kier alpha value is -1.75. The van der Waals surface area contributed by atoms with Crippen molar-refractivity contribution in [3.63, 3.8) is 0 Å². The van der Waals surface area contributed by atoms with Crippen LogP contribution in [0.3, 0.4) is 0 Å². The van der Waals surface area contributed by atoms with E-state index < -0.39 is 6.10 Å². The molecule has 1 aromatic carbocycles. The molecule has 4 bridgehead atoms. The fraction of sp³-hybridized carbons (Fsp3) is 0.636. The molecule has 2 amide bonds. The molecule has 1 aromatic rings. The normalized spacial score (nSPS) is 31.3. The predicted molar refractivity (Wildman–Crippen MR) is 108 cm³/mol. The van der Waals surface area contributed by atoms with E-state index in [1.807, 2.05) is 0 Å². The maximum absolute atomic E-state index is 12.9. The molecule has 0 saturated heterocycles. The van der Waals surface area contributed by atoms with Crippen molar-refractivity contribution in [2.24, 2.45) is 23.2 Å². The molecular formula is C22H29ClN2O3. The third-order valence-corrected chi connectivity index (χ3v) is 6.98. The lowest BCUT2D eigenvalue weighted by molar-refractivity contribution is -0.146. The Kier molecular flexibility index (Phi) is 5.55. The van der Waals surface area contributed by atoms with Crippen LogP contribution in [0.5, 0.6) is 5.75 Å². The highest BCUT2D eigenvalue weighted by Gasteiger charge is 2.54. The van der Waals surface area contributed by atoms with E-state index in [-0.39, 0.29) is 17.2 Å². The summed E-state index contributed by atoms with van der Waals surface area (Å²) in [5.74, 6) is 2.86. The first kappa shape index (κ1) is 19.6. The Labute approximate surface area is 171 Å². The summed E-state index contributed by atoms with van der Waals surface area (Å²) in [5.41, 5.74) is -0.135. The van der Waals surface area contributed by atoms with Crippen LogP contribution in [0, 0.1) is 23.2 Å². The first-order valence-electron chi connectivity index (χ1n) is 10.4. The predicted octanol–water partition coefficient (Wildman–Crippen LogP) is 3.56. The number of benzene rings is 1. The fourth-order valence-electron chi connectivity index (χ4n) is 5.85. The summed E-state index contributed by atoms with van der Waals surface area (Å²) in [7, 11) is 0. The Morgan fingerprint density at radius 3 is 2.14 bits per heavy atom. The molecule has 0 radical (unpaired) electrons. The van der Waals surface area contributed by atoms with Crippen molar-refractivity contribution in [3.8, 4) is 5.75 Å². The topological polar surface area (TPSA) is 67.4 Å². The van der Waals surface area contributed by atoms with Crippen LogP contribution in [0.15, 0.2) is 24.3 Å². The van der Waals surface area contributed by atoms with E-state index in [9.17, 15) is 9.59 Å². The molecule has 4 aliphatic rings. The first-order valence-corrected chi connectivity index (χ1v) is 10.8. The van der Waals surface area contributed by atoms with Gasteiger partial charge in [0.05, 0.1) is 0 Å². The first-order chi connectivity index (χ1) is 13.4. The van der Waals surface area contributed by atoms with Gasteiger partial charge in [0.15, 0.2) is 6.10 Å². The number of carbonyl (C=O) groups excluding carboxylic acids is 2. The van der Waals surface area contributed by atoms with Crippen molar-refractivity contribution < 1.29 is 14.3 Å². The zero-order chi connectivity index (χ0) is 19.7. The number of nitrogens with one attached hydrogen (secondary N) is 2. The average molecular weight is 405 g/mol. The highest BCUT2D eigenvalue weighted by atomic mass is 35.5. The van der Waals surface area contributed by atoms with Crippen molar-refractivity contribution in [2.75, 3.05) is 13.1 Å². The van der Waals surface area contributed by atoms with E-state index in [1.54, 1.807) is 31.2 Å². The molecule has 0 aromatic heterocycles. The van der Waals surface area contributed by atoms with Crippen molar-refractivity contribution in [1.82, 2.24) is 10.6 Å². The molecule has 5 rings (SSSR count). The molecule has 28 heavy (non-hydrogen) atoms. The summed E-state index contributed by atoms with van der Waals surface area (Å²) in [5, 5.41) is 6.54. The van der Waals surface area contributed by atoms with Gasteiger partial charge in [0.2, 0.25) is 5.91 Å². The van der Waals surface area contributed by atoms with Crippen LogP contribution in [0.1, 0.15) is 45.4 Å². The minimum atomic E-state index is -0.611. The molecule has 1 unspecified atom stereocenters. The van der Waals surface area contributed by atoms with Crippen molar-refractivity contribution in [2.45, 2.75) is 51.6 Å². The van der Waals surface area contributed by atoms with Gasteiger partial charge in [-0.25, -0.2) is 0 Å². The number of amides is 2. The van der Waals surface area contributed by atoms with Gasteiger partial charge in [0.1, 0.15) is 5.75 Å². The highest BCUT2D eigenvalue weighted by molar-refractivity contribution is 6.30. The molecule has 2 N–H and O–H groups in total. The van der Waals surface area contributed by atoms with Gasteiger partial charge in [-0.3, -0.25) is 9.59 Å².